The largest absolute Gasteiger partial charge is 0.504 e. The van der Waals surface area contributed by atoms with Gasteiger partial charge in [-0.15, -0.1) is 10.2 Å². The molecule has 100 heavy (non-hydrogen) atoms. The smallest absolute Gasteiger partial charge is 0.446 e. The topological polar surface area (TPSA) is 473 Å². The number of aromatic nitrogens is 4. The Morgan fingerprint density at radius 2 is 1.38 bits per heavy atom. The van der Waals surface area contributed by atoms with Gasteiger partial charge >= 0.3 is 10.4 Å². The molecule has 0 radical (unpaired) electrons. The van der Waals surface area contributed by atoms with Crippen LogP contribution in [-0.2, 0) is 55.1 Å². The molecule has 0 unspecified atom stereocenters. The number of ether oxygens (including phenoxy) is 1. The number of rotatable bonds is 18. The minimum atomic E-state index is -5.23. The highest BCUT2D eigenvalue weighted by Crippen LogP contribution is 2.40. The fourth-order valence-corrected chi connectivity index (χ4v) is 15.8. The van der Waals surface area contributed by atoms with Gasteiger partial charge in [-0.2, -0.15) is 8.42 Å². The molecule has 4 saturated heterocycles. The van der Waals surface area contributed by atoms with Gasteiger partial charge in [0.2, 0.25) is 47.3 Å². The number of benzene rings is 2. The lowest BCUT2D eigenvalue weighted by Crippen LogP contribution is -2.64. The summed E-state index contributed by atoms with van der Waals surface area (Å²) in [4.78, 5) is 115. The molecule has 2 aliphatic carbocycles. The zero-order valence-corrected chi connectivity index (χ0v) is 57.5. The number of phenols is 1. The summed E-state index contributed by atoms with van der Waals surface area (Å²) in [5, 5.41) is 99.7. The predicted molar refractivity (Wildman–Crippen MR) is 358 cm³/mol. The summed E-state index contributed by atoms with van der Waals surface area (Å²) < 4.78 is 43.4. The maximum Gasteiger partial charge on any atom is 0.446 e. The number of fused-ring (bicyclic) bond motifs is 2. The minimum absolute atomic E-state index is 0.00704. The first-order chi connectivity index (χ1) is 47.6. The molecule has 2 saturated carbocycles. The van der Waals surface area contributed by atoms with E-state index in [1.165, 1.54) is 44.4 Å². The molecular weight excluding hydrogens is 1340 g/mol. The number of nitrogens with one attached hydrogen (secondary N) is 4. The van der Waals surface area contributed by atoms with Gasteiger partial charge in [-0.05, 0) is 101 Å². The third kappa shape index (κ3) is 18.7. The summed E-state index contributed by atoms with van der Waals surface area (Å²) in [5.74, 6) is -9.81. The summed E-state index contributed by atoms with van der Waals surface area (Å²) >= 11 is 1.52. The lowest BCUT2D eigenvalue weighted by molar-refractivity contribution is -0.147. The molecule has 0 spiro atoms. The van der Waals surface area contributed by atoms with Crippen molar-refractivity contribution in [1.82, 2.24) is 56.1 Å². The number of primary amides is 1. The van der Waals surface area contributed by atoms with Crippen LogP contribution in [0.1, 0.15) is 120 Å². The second kappa shape index (κ2) is 33.0. The number of piperidine rings is 1. The molecule has 4 aliphatic heterocycles. The summed E-state index contributed by atoms with van der Waals surface area (Å²) in [6.45, 7) is 3.13. The minimum Gasteiger partial charge on any atom is -0.504 e. The number of anilines is 1. The SMILES string of the molecule is C[C@@H](O)[C@@H]1NC(=O)[C@@H](N(C)C[C@H]2CC[C@H](c3nnc(-c4ccc(-c5cnc(N6CCC(OC7CCCCC7)CC6)nc5)cc4)s3)CC2)C[C@@H](O)CNC(=O)[C@@H]2[C@@H](O)[C@@H](C)CN2C(=O)[C@H]([C@H](O)CC(N)=O)NC(=O)[C@H]([C@H](O)Cc2ccc(O)c(OS(=O)(=O)O)c2)NC(=O)[C@@H]2C[C@@H](O)CN2C1=O. The average molecular weight is 1430 g/mol. The molecular formula is C66H91N13O19S2. The van der Waals surface area contributed by atoms with Crippen molar-refractivity contribution in [2.24, 2.45) is 17.6 Å². The molecule has 13 atom stereocenters. The molecule has 32 nitrogen and oxygen atoms in total. The quantitative estimate of drug-likeness (QED) is 0.0541. The number of likely N-dealkylation sites (N-methyl/N-ethyl adjacent to an activating group) is 1. The molecule has 10 rings (SSSR count). The Morgan fingerprint density at radius 3 is 2.04 bits per heavy atom. The third-order valence-electron chi connectivity index (χ3n) is 20.0. The van der Waals surface area contributed by atoms with Crippen LogP contribution in [0.4, 0.5) is 5.95 Å². The first-order valence-electron chi connectivity index (χ1n) is 34.1. The maximum atomic E-state index is 14.9. The third-order valence-corrected chi connectivity index (χ3v) is 21.5. The fraction of sp³-hybridized carbons (Fsp3) is 0.621. The van der Waals surface area contributed by atoms with E-state index in [9.17, 15) is 82.3 Å². The van der Waals surface area contributed by atoms with Crippen molar-refractivity contribution in [3.05, 3.63) is 65.4 Å². The lowest BCUT2D eigenvalue weighted by Gasteiger charge is -2.36. The highest BCUT2D eigenvalue weighted by molar-refractivity contribution is 7.81. The molecule has 546 valence electrons. The van der Waals surface area contributed by atoms with Crippen molar-refractivity contribution in [3.63, 3.8) is 0 Å². The van der Waals surface area contributed by atoms with E-state index in [0.29, 0.717) is 24.9 Å². The van der Waals surface area contributed by atoms with Gasteiger partial charge in [0.05, 0.1) is 61.3 Å². The fourth-order valence-electron chi connectivity index (χ4n) is 14.5. The van der Waals surface area contributed by atoms with E-state index >= 15 is 0 Å². The lowest BCUT2D eigenvalue weighted by atomic mass is 9.82. The number of aliphatic hydroxyl groups excluding tert-OH is 6. The van der Waals surface area contributed by atoms with E-state index in [1.54, 1.807) is 11.9 Å². The number of nitrogens with two attached hydrogens (primary N) is 1. The summed E-state index contributed by atoms with van der Waals surface area (Å²) in [7, 11) is -3.59. The summed E-state index contributed by atoms with van der Waals surface area (Å²) in [6.07, 6.45) is 2.01. The zero-order chi connectivity index (χ0) is 71.9. The van der Waals surface area contributed by atoms with Gasteiger partial charge in [-0.3, -0.25) is 43.0 Å². The molecule has 2 aromatic carbocycles. The van der Waals surface area contributed by atoms with Crippen molar-refractivity contribution in [1.29, 1.82) is 0 Å². The van der Waals surface area contributed by atoms with Crippen molar-refractivity contribution in [2.75, 3.05) is 51.2 Å². The number of amides is 7. The van der Waals surface area contributed by atoms with Crippen molar-refractivity contribution < 1.29 is 91.2 Å². The van der Waals surface area contributed by atoms with Crippen LogP contribution in [0.25, 0.3) is 21.7 Å². The standard InChI is InChI=1S/C66H91N13O19S2/c1-34-31-79-56(57(34)87)61(91)68-30-42(81)25-46(76(3)32-36-9-12-39(13-10-36)62-74-75-63(99-62)40-16-14-38(15-17-40)41-28-69-66(70-29-41)77-21-19-45(20-22-77)97-44-7-5-4-6-8-44)58(88)71-53(35(2)80)64(92)78-33-43(82)26-47(78)59(89)72-54(60(90)73-55(65(79)93)50(85)27-52(67)86)49(84)23-37-11-18-48(83)51(24-37)98-100(94,95)96/h11,14-18,24,28-29,34-36,39,42-47,49-50,53-57,80-85,87H,4-10,12-13,19-23,25-27,30-33H2,1-3H3,(H2,67,86)(H,68,91)(H,71,88)(H,72,89)(H,73,90)(H,94,95,96)/t34-,35+,36-,39-,42+,43+,46-,47-,49+,50+,53-,54-,55-,56-,57-/m0/s1. The zero-order valence-electron chi connectivity index (χ0n) is 55.9. The van der Waals surface area contributed by atoms with E-state index in [1.807, 2.05) is 36.7 Å². The Balaban J connectivity index is 0.836. The van der Waals surface area contributed by atoms with Crippen LogP contribution in [0.2, 0.25) is 0 Å². The second-order valence-electron chi connectivity index (χ2n) is 27.5. The molecule has 6 fully saturated rings. The van der Waals surface area contributed by atoms with Crippen molar-refractivity contribution in [2.45, 2.75) is 201 Å². The predicted octanol–water partition coefficient (Wildman–Crippen LogP) is -0.833. The molecule has 14 N–H and O–H groups in total. The van der Waals surface area contributed by atoms with Gasteiger partial charge in [0, 0.05) is 87.5 Å². The van der Waals surface area contributed by atoms with Crippen LogP contribution in [-0.4, -0.2) is 256 Å². The number of hydrogen-bond donors (Lipinski definition) is 13. The Bertz CT molecular complexity index is 3650. The normalized spacial score (nSPS) is 28.6. The van der Waals surface area contributed by atoms with E-state index in [0.717, 1.165) is 106 Å². The van der Waals surface area contributed by atoms with Crippen LogP contribution in [0.5, 0.6) is 11.5 Å². The monoisotopic (exact) mass is 1430 g/mol. The van der Waals surface area contributed by atoms with E-state index in [-0.39, 0.29) is 36.6 Å². The van der Waals surface area contributed by atoms with Crippen molar-refractivity contribution in [3.8, 4) is 33.2 Å². The van der Waals surface area contributed by atoms with Crippen LogP contribution in [0, 0.1) is 11.8 Å². The van der Waals surface area contributed by atoms with E-state index in [4.69, 9.17) is 20.4 Å². The van der Waals surface area contributed by atoms with Crippen LogP contribution >= 0.6 is 11.3 Å². The average Bonchev–Trinajstić information content (AvgIpc) is 1.61. The van der Waals surface area contributed by atoms with Crippen LogP contribution < -0.4 is 36.1 Å². The van der Waals surface area contributed by atoms with Crippen molar-refractivity contribution >= 4 is 69.0 Å². The van der Waals surface area contributed by atoms with Gasteiger partial charge in [0.15, 0.2) is 11.5 Å². The first kappa shape index (κ1) is 75.0. The number of nitrogens with zero attached hydrogens (tertiary/aromatic N) is 8. The first-order valence-corrected chi connectivity index (χ1v) is 36.3. The molecule has 0 bridgehead atoms. The van der Waals surface area contributed by atoms with Gasteiger partial charge < -0.3 is 86.4 Å². The Morgan fingerprint density at radius 1 is 0.740 bits per heavy atom. The molecule has 34 heteroatoms. The van der Waals surface area contributed by atoms with E-state index in [2.05, 4.69) is 40.5 Å². The molecule has 2 aromatic heterocycles. The second-order valence-corrected chi connectivity index (χ2v) is 29.5. The number of hydrogen-bond acceptors (Lipinski definition) is 25. The molecule has 7 amide bonds. The Hall–Kier alpha value is -7.64. The van der Waals surface area contributed by atoms with Gasteiger partial charge in [-0.1, -0.05) is 67.9 Å². The maximum absolute atomic E-state index is 14.9. The number of aliphatic hydroxyl groups is 6. The van der Waals surface area contributed by atoms with Crippen LogP contribution in [0.15, 0.2) is 54.9 Å². The van der Waals surface area contributed by atoms with Gasteiger partial charge in [0.25, 0.3) is 0 Å². The Labute approximate surface area is 582 Å². The molecule has 6 heterocycles. The number of carbonyl (C=O) groups is 7. The van der Waals surface area contributed by atoms with Crippen LogP contribution in [0.3, 0.4) is 0 Å². The Kier molecular flexibility index (Phi) is 24.8. The summed E-state index contributed by atoms with van der Waals surface area (Å²) in [6, 6.07) is -0.165. The number of β-amino-alcohol motifs (C(OH)–C–C–N with tert-alkyl or cyclic N) is 1. The summed E-state index contributed by atoms with van der Waals surface area (Å²) in [5.41, 5.74) is 8.07. The molecule has 6 aliphatic rings. The van der Waals surface area contributed by atoms with E-state index < -0.39 is 181 Å². The van der Waals surface area contributed by atoms with Gasteiger partial charge in [0.1, 0.15) is 40.2 Å². The number of phenolic OH excluding ortho intramolecular Hbond substituents is 1. The number of aromatic hydroxyl groups is 1. The highest BCUT2D eigenvalue weighted by Gasteiger charge is 2.50. The highest BCUT2D eigenvalue weighted by atomic mass is 32.3. The number of carbonyl (C=O) groups excluding carboxylic acids is 7. The molecule has 4 aromatic rings. The van der Waals surface area contributed by atoms with Gasteiger partial charge in [-0.25, -0.2) is 9.97 Å².